The van der Waals surface area contributed by atoms with Gasteiger partial charge in [-0.3, -0.25) is 14.9 Å². The Hall–Kier alpha value is -3.33. The summed E-state index contributed by atoms with van der Waals surface area (Å²) in [6.07, 6.45) is 2.45. The average molecular weight is 362 g/mol. The van der Waals surface area contributed by atoms with Crippen molar-refractivity contribution in [1.29, 1.82) is 0 Å². The topological polar surface area (TPSA) is 90.7 Å². The Morgan fingerprint density at radius 1 is 1.23 bits per heavy atom. The zero-order chi connectivity index (χ0) is 18.7. The lowest BCUT2D eigenvalue weighted by Gasteiger charge is -2.19. The monoisotopic (exact) mass is 362 g/mol. The van der Waals surface area contributed by atoms with Gasteiger partial charge < -0.3 is 14.8 Å². The first-order valence-corrected chi connectivity index (χ1v) is 7.40. The molecule has 134 valence electrons. The highest BCUT2D eigenvalue weighted by Gasteiger charge is 2.19. The van der Waals surface area contributed by atoms with Crippen molar-refractivity contribution in [2.24, 2.45) is 0 Å². The largest absolute Gasteiger partial charge is 0.467 e. The fourth-order valence-corrected chi connectivity index (χ4v) is 2.38. The molecule has 0 aliphatic carbocycles. The molecule has 7 nitrogen and oxygen atoms in total. The highest BCUT2D eigenvalue weighted by atomic mass is 19.2. The van der Waals surface area contributed by atoms with E-state index in [1.807, 2.05) is 0 Å². The van der Waals surface area contributed by atoms with Gasteiger partial charge >= 0.3 is 0 Å². The molecule has 0 saturated carbocycles. The van der Waals surface area contributed by atoms with Crippen molar-refractivity contribution in [2.45, 2.75) is 6.61 Å². The van der Waals surface area contributed by atoms with E-state index in [0.717, 1.165) is 18.2 Å². The second-order valence-corrected chi connectivity index (χ2v) is 5.34. The van der Waals surface area contributed by atoms with Crippen molar-refractivity contribution >= 4 is 23.4 Å². The maximum Gasteiger partial charge on any atom is 0.270 e. The molecule has 9 heteroatoms. The number of fused-ring (bicyclic) bond motifs is 1. The van der Waals surface area contributed by atoms with E-state index in [4.69, 9.17) is 9.47 Å². The molecule has 1 amide bonds. The van der Waals surface area contributed by atoms with E-state index >= 15 is 0 Å². The highest BCUT2D eigenvalue weighted by molar-refractivity contribution is 6.02. The predicted molar refractivity (Wildman–Crippen MR) is 87.4 cm³/mol. The summed E-state index contributed by atoms with van der Waals surface area (Å²) < 4.78 is 36.5. The minimum absolute atomic E-state index is 0.00724. The number of carbonyl (C=O) groups excluding carboxylic acids is 1. The summed E-state index contributed by atoms with van der Waals surface area (Å²) in [6.45, 7) is 0.144. The fourth-order valence-electron chi connectivity index (χ4n) is 2.38. The number of halogens is 2. The normalized spacial score (nSPS) is 13.2. The second kappa shape index (κ2) is 7.28. The number of amides is 1. The SMILES string of the molecule is O=C(/C=C/c1cc([N+](=O)[O-])cc2c1OCOC2)Nc1ccc(F)c(F)c1. The van der Waals surface area contributed by atoms with Crippen LogP contribution in [0.25, 0.3) is 6.08 Å². The quantitative estimate of drug-likeness (QED) is 0.511. The number of rotatable bonds is 4. The molecule has 0 radical (unpaired) electrons. The van der Waals surface area contributed by atoms with E-state index in [0.29, 0.717) is 16.9 Å². The fraction of sp³-hybridized carbons (Fsp3) is 0.118. The van der Waals surface area contributed by atoms with E-state index in [1.165, 1.54) is 24.3 Å². The van der Waals surface area contributed by atoms with Gasteiger partial charge in [0.15, 0.2) is 18.4 Å². The number of nitrogens with one attached hydrogen (secondary N) is 1. The Morgan fingerprint density at radius 2 is 2.04 bits per heavy atom. The lowest BCUT2D eigenvalue weighted by atomic mass is 10.1. The summed E-state index contributed by atoms with van der Waals surface area (Å²) >= 11 is 0. The molecular formula is C17H12F2N2O5. The van der Waals surface area contributed by atoms with Crippen LogP contribution in [0, 0.1) is 21.7 Å². The van der Waals surface area contributed by atoms with E-state index in [-0.39, 0.29) is 24.8 Å². The van der Waals surface area contributed by atoms with Crippen LogP contribution in [-0.2, 0) is 16.1 Å². The number of carbonyl (C=O) groups is 1. The number of benzene rings is 2. The smallest absolute Gasteiger partial charge is 0.270 e. The van der Waals surface area contributed by atoms with Gasteiger partial charge in [0, 0.05) is 41.1 Å². The third-order valence-corrected chi connectivity index (χ3v) is 3.54. The van der Waals surface area contributed by atoms with Crippen molar-refractivity contribution in [3.05, 3.63) is 69.3 Å². The first kappa shape index (κ1) is 17.5. The third-order valence-electron chi connectivity index (χ3n) is 3.54. The van der Waals surface area contributed by atoms with Crippen molar-refractivity contribution in [3.8, 4) is 5.75 Å². The van der Waals surface area contributed by atoms with Gasteiger partial charge in [-0.1, -0.05) is 0 Å². The second-order valence-electron chi connectivity index (χ2n) is 5.34. The summed E-state index contributed by atoms with van der Waals surface area (Å²) in [5.74, 6) is -2.35. The Kier molecular flexibility index (Phi) is 4.90. The molecule has 0 saturated heterocycles. The van der Waals surface area contributed by atoms with Crippen molar-refractivity contribution in [1.82, 2.24) is 0 Å². The standard InChI is InChI=1S/C17H12F2N2O5/c18-14-3-2-12(7-15(14)19)20-16(22)4-1-10-5-13(21(23)24)6-11-8-25-9-26-17(10)11/h1-7H,8-9H2,(H,20,22)/b4-1+. The number of hydrogen-bond acceptors (Lipinski definition) is 5. The highest BCUT2D eigenvalue weighted by Crippen LogP contribution is 2.33. The summed E-state index contributed by atoms with van der Waals surface area (Å²) in [5.41, 5.74) is 0.729. The van der Waals surface area contributed by atoms with Crippen LogP contribution in [0.1, 0.15) is 11.1 Å². The molecule has 0 spiro atoms. The minimum atomic E-state index is -1.09. The number of nitro groups is 1. The van der Waals surface area contributed by atoms with Gasteiger partial charge in [-0.05, 0) is 18.2 Å². The van der Waals surface area contributed by atoms with Crippen molar-refractivity contribution in [3.63, 3.8) is 0 Å². The van der Waals surface area contributed by atoms with Gasteiger partial charge in [0.2, 0.25) is 5.91 Å². The molecule has 1 heterocycles. The van der Waals surface area contributed by atoms with Crippen LogP contribution < -0.4 is 10.1 Å². The predicted octanol–water partition coefficient (Wildman–Crippen LogP) is 3.39. The molecule has 1 aliphatic rings. The molecular weight excluding hydrogens is 350 g/mol. The van der Waals surface area contributed by atoms with Gasteiger partial charge in [-0.25, -0.2) is 8.78 Å². The van der Waals surface area contributed by atoms with Gasteiger partial charge in [-0.15, -0.1) is 0 Å². The van der Waals surface area contributed by atoms with Gasteiger partial charge in [-0.2, -0.15) is 0 Å². The summed E-state index contributed by atoms with van der Waals surface area (Å²) in [5, 5.41) is 13.4. The molecule has 26 heavy (non-hydrogen) atoms. The van der Waals surface area contributed by atoms with Crippen LogP contribution in [0.15, 0.2) is 36.4 Å². The third kappa shape index (κ3) is 3.83. The lowest BCUT2D eigenvalue weighted by Crippen LogP contribution is -2.13. The van der Waals surface area contributed by atoms with E-state index in [9.17, 15) is 23.7 Å². The zero-order valence-corrected chi connectivity index (χ0v) is 13.2. The molecule has 0 atom stereocenters. The first-order chi connectivity index (χ1) is 12.4. The Balaban J connectivity index is 1.82. The number of non-ortho nitro benzene ring substituents is 1. The minimum Gasteiger partial charge on any atom is -0.467 e. The van der Waals surface area contributed by atoms with Crippen LogP contribution in [0.5, 0.6) is 5.75 Å². The van der Waals surface area contributed by atoms with Crippen molar-refractivity contribution in [2.75, 3.05) is 12.1 Å². The number of anilines is 1. The Bertz CT molecular complexity index is 914. The molecule has 3 rings (SSSR count). The molecule has 0 aromatic heterocycles. The summed E-state index contributed by atoms with van der Waals surface area (Å²) in [6, 6.07) is 5.55. The molecule has 1 N–H and O–H groups in total. The molecule has 2 aromatic carbocycles. The number of nitro benzene ring substituents is 1. The maximum atomic E-state index is 13.2. The lowest BCUT2D eigenvalue weighted by molar-refractivity contribution is -0.385. The Labute approximate surface area is 146 Å². The van der Waals surface area contributed by atoms with Crippen LogP contribution in [0.4, 0.5) is 20.2 Å². The van der Waals surface area contributed by atoms with Crippen LogP contribution in [-0.4, -0.2) is 17.6 Å². The summed E-state index contributed by atoms with van der Waals surface area (Å²) in [4.78, 5) is 22.4. The number of hydrogen-bond donors (Lipinski definition) is 1. The van der Waals surface area contributed by atoms with Crippen LogP contribution in [0.3, 0.4) is 0 Å². The van der Waals surface area contributed by atoms with Gasteiger partial charge in [0.25, 0.3) is 5.69 Å². The van der Waals surface area contributed by atoms with Crippen molar-refractivity contribution < 1.29 is 28.0 Å². The van der Waals surface area contributed by atoms with Gasteiger partial charge in [0.1, 0.15) is 5.75 Å². The first-order valence-electron chi connectivity index (χ1n) is 7.40. The van der Waals surface area contributed by atoms with Crippen LogP contribution >= 0.6 is 0 Å². The summed E-state index contributed by atoms with van der Waals surface area (Å²) in [7, 11) is 0. The molecule has 0 unspecified atom stereocenters. The molecule has 1 aliphatic heterocycles. The zero-order valence-electron chi connectivity index (χ0n) is 13.2. The molecule has 0 bridgehead atoms. The van der Waals surface area contributed by atoms with Crippen LogP contribution in [0.2, 0.25) is 0 Å². The Morgan fingerprint density at radius 3 is 2.77 bits per heavy atom. The molecule has 2 aromatic rings. The average Bonchev–Trinajstić information content (AvgIpc) is 2.62. The van der Waals surface area contributed by atoms with E-state index in [2.05, 4.69) is 5.32 Å². The van der Waals surface area contributed by atoms with Gasteiger partial charge in [0.05, 0.1) is 11.5 Å². The number of ether oxygens (including phenoxy) is 2. The number of nitrogens with zero attached hydrogens (tertiary/aromatic N) is 1. The molecule has 0 fully saturated rings. The van der Waals surface area contributed by atoms with E-state index in [1.54, 1.807) is 0 Å². The van der Waals surface area contributed by atoms with E-state index < -0.39 is 22.5 Å². The maximum absolute atomic E-state index is 13.2.